The summed E-state index contributed by atoms with van der Waals surface area (Å²) in [5.74, 6) is 1.83. The topological polar surface area (TPSA) is 89.9 Å². The van der Waals surface area contributed by atoms with Crippen molar-refractivity contribution in [1.82, 2.24) is 19.9 Å². The Balaban J connectivity index is 1.67. The van der Waals surface area contributed by atoms with Gasteiger partial charge < -0.3 is 5.73 Å². The van der Waals surface area contributed by atoms with Gasteiger partial charge in [0.05, 0.1) is 5.56 Å². The lowest BCUT2D eigenvalue weighted by Crippen LogP contribution is -2.00. The van der Waals surface area contributed by atoms with Crippen LogP contribution in [0.2, 0.25) is 0 Å². The third-order valence-corrected chi connectivity index (χ3v) is 5.05. The molecule has 1 fully saturated rings. The van der Waals surface area contributed by atoms with E-state index in [9.17, 15) is 0 Å². The van der Waals surface area contributed by atoms with Gasteiger partial charge in [0.2, 0.25) is 5.13 Å². The molecule has 0 saturated heterocycles. The summed E-state index contributed by atoms with van der Waals surface area (Å²) in [5.41, 5.74) is 8.45. The normalized spacial score (nSPS) is 14.2. The minimum absolute atomic E-state index is 0.489. The van der Waals surface area contributed by atoms with E-state index in [1.54, 1.807) is 6.20 Å². The van der Waals surface area contributed by atoms with Crippen LogP contribution in [-0.2, 0) is 0 Å². The smallest absolute Gasteiger partial charge is 0.209 e. The number of nitrogens with zero attached hydrogens (tertiary/aromatic N) is 5. The van der Waals surface area contributed by atoms with E-state index in [1.165, 1.54) is 22.7 Å². The lowest BCUT2D eigenvalue weighted by atomic mass is 10.3. The summed E-state index contributed by atoms with van der Waals surface area (Å²) in [6.45, 7) is 3.48. The van der Waals surface area contributed by atoms with Crippen molar-refractivity contribution < 1.29 is 0 Å². The zero-order valence-corrected chi connectivity index (χ0v) is 13.2. The average Bonchev–Trinajstić information content (AvgIpc) is 3.08. The second kappa shape index (κ2) is 5.22. The number of hydrogen-bond acceptors (Lipinski definition) is 8. The predicted molar refractivity (Wildman–Crippen MR) is 89.8 cm³/mol. The Hall–Kier alpha value is -2.19. The molecule has 1 saturated carbocycles. The van der Waals surface area contributed by atoms with Gasteiger partial charge >= 0.3 is 0 Å². The molecule has 0 radical (unpaired) electrons. The molecule has 3 aromatic rings. The maximum atomic E-state index is 6.07. The van der Waals surface area contributed by atoms with Gasteiger partial charge in [0.1, 0.15) is 28.0 Å². The van der Waals surface area contributed by atoms with Crippen molar-refractivity contribution in [3.63, 3.8) is 0 Å². The third-order valence-electron chi connectivity index (χ3n) is 3.40. The maximum absolute atomic E-state index is 6.07. The SMILES string of the molecule is C=Nc1nc(-c2csc(-c3cnc(C4CC4)nc3N)n2)cs1. The molecule has 0 atom stereocenters. The Morgan fingerprint density at radius 1 is 1.14 bits per heavy atom. The molecule has 4 rings (SSSR count). The molecule has 0 amide bonds. The molecule has 6 nitrogen and oxygen atoms in total. The van der Waals surface area contributed by atoms with Crippen LogP contribution in [0.25, 0.3) is 22.0 Å². The van der Waals surface area contributed by atoms with Crippen LogP contribution in [0.4, 0.5) is 10.9 Å². The number of rotatable bonds is 4. The van der Waals surface area contributed by atoms with Crippen LogP contribution < -0.4 is 5.73 Å². The van der Waals surface area contributed by atoms with E-state index in [0.717, 1.165) is 40.6 Å². The van der Waals surface area contributed by atoms with Crippen molar-refractivity contribution in [1.29, 1.82) is 0 Å². The summed E-state index contributed by atoms with van der Waals surface area (Å²) < 4.78 is 0. The molecular weight excluding hydrogens is 316 g/mol. The molecule has 3 aromatic heterocycles. The van der Waals surface area contributed by atoms with Gasteiger partial charge in [-0.25, -0.2) is 24.9 Å². The fraction of sp³-hybridized carbons (Fsp3) is 0.214. The largest absolute Gasteiger partial charge is 0.383 e. The highest BCUT2D eigenvalue weighted by molar-refractivity contribution is 7.14. The maximum Gasteiger partial charge on any atom is 0.209 e. The fourth-order valence-electron chi connectivity index (χ4n) is 2.08. The molecule has 1 aliphatic carbocycles. The molecule has 0 bridgehead atoms. The molecule has 1 aliphatic rings. The van der Waals surface area contributed by atoms with Crippen molar-refractivity contribution in [3.8, 4) is 22.0 Å². The van der Waals surface area contributed by atoms with Crippen LogP contribution in [0.5, 0.6) is 0 Å². The number of thiazole rings is 2. The van der Waals surface area contributed by atoms with Crippen LogP contribution in [0.3, 0.4) is 0 Å². The second-order valence-electron chi connectivity index (χ2n) is 5.01. The first kappa shape index (κ1) is 13.5. The molecule has 0 aliphatic heterocycles. The summed E-state index contributed by atoms with van der Waals surface area (Å²) in [4.78, 5) is 21.6. The number of nitrogens with two attached hydrogens (primary N) is 1. The molecule has 110 valence electrons. The quantitative estimate of drug-likeness (QED) is 0.740. The Kier molecular flexibility index (Phi) is 3.20. The standard InChI is InChI=1S/C14H12N6S2/c1-16-14-19-10(6-22-14)9-5-21-13(18-9)8-4-17-12(7-2-3-7)20-11(8)15/h4-7H,1-3H2,(H2,15,17,20). The summed E-state index contributed by atoms with van der Waals surface area (Å²) in [6, 6.07) is 0. The average molecular weight is 328 g/mol. The highest BCUT2D eigenvalue weighted by Crippen LogP contribution is 2.39. The lowest BCUT2D eigenvalue weighted by Gasteiger charge is -2.03. The molecule has 0 spiro atoms. The Bertz CT molecular complexity index is 849. The van der Waals surface area contributed by atoms with E-state index in [2.05, 4.69) is 31.6 Å². The van der Waals surface area contributed by atoms with E-state index in [0.29, 0.717) is 16.9 Å². The Labute approximate surface area is 134 Å². The molecule has 22 heavy (non-hydrogen) atoms. The highest BCUT2D eigenvalue weighted by atomic mass is 32.1. The molecule has 0 unspecified atom stereocenters. The Morgan fingerprint density at radius 2 is 1.91 bits per heavy atom. The number of aromatic nitrogens is 4. The molecule has 8 heteroatoms. The zero-order valence-electron chi connectivity index (χ0n) is 11.6. The van der Waals surface area contributed by atoms with Crippen molar-refractivity contribution in [2.75, 3.05) is 5.73 Å². The van der Waals surface area contributed by atoms with E-state index < -0.39 is 0 Å². The molecule has 2 N–H and O–H groups in total. The fourth-order valence-corrected chi connectivity index (χ4v) is 3.53. The van der Waals surface area contributed by atoms with Crippen molar-refractivity contribution in [2.45, 2.75) is 18.8 Å². The second-order valence-corrected chi connectivity index (χ2v) is 6.71. The van der Waals surface area contributed by atoms with Crippen LogP contribution >= 0.6 is 22.7 Å². The summed E-state index contributed by atoms with van der Waals surface area (Å²) in [6.07, 6.45) is 4.09. The van der Waals surface area contributed by atoms with E-state index in [4.69, 9.17) is 5.73 Å². The Morgan fingerprint density at radius 3 is 2.59 bits per heavy atom. The van der Waals surface area contributed by atoms with Gasteiger partial charge in [-0.3, -0.25) is 0 Å². The van der Waals surface area contributed by atoms with E-state index in [1.807, 2.05) is 10.8 Å². The van der Waals surface area contributed by atoms with Gasteiger partial charge in [0.25, 0.3) is 0 Å². The van der Waals surface area contributed by atoms with Gasteiger partial charge in [-0.1, -0.05) is 0 Å². The van der Waals surface area contributed by atoms with Crippen LogP contribution in [0.15, 0.2) is 21.9 Å². The lowest BCUT2D eigenvalue weighted by molar-refractivity contribution is 0.933. The van der Waals surface area contributed by atoms with Crippen molar-refractivity contribution >= 4 is 40.3 Å². The summed E-state index contributed by atoms with van der Waals surface area (Å²) in [5, 5.41) is 5.31. The minimum atomic E-state index is 0.489. The third kappa shape index (κ3) is 2.40. The van der Waals surface area contributed by atoms with E-state index >= 15 is 0 Å². The number of nitrogen functional groups attached to an aromatic ring is 1. The van der Waals surface area contributed by atoms with Gasteiger partial charge in [0, 0.05) is 22.9 Å². The summed E-state index contributed by atoms with van der Waals surface area (Å²) >= 11 is 2.95. The monoisotopic (exact) mass is 328 g/mol. The summed E-state index contributed by atoms with van der Waals surface area (Å²) in [7, 11) is 0. The first-order valence-corrected chi connectivity index (χ1v) is 8.51. The molecule has 0 aromatic carbocycles. The first-order chi connectivity index (χ1) is 10.7. The first-order valence-electron chi connectivity index (χ1n) is 6.75. The van der Waals surface area contributed by atoms with Crippen LogP contribution in [0, 0.1) is 0 Å². The van der Waals surface area contributed by atoms with Crippen LogP contribution in [0.1, 0.15) is 24.6 Å². The number of anilines is 1. The molecule has 3 heterocycles. The zero-order chi connectivity index (χ0) is 15.1. The van der Waals surface area contributed by atoms with E-state index in [-0.39, 0.29) is 0 Å². The van der Waals surface area contributed by atoms with Crippen molar-refractivity contribution in [2.24, 2.45) is 4.99 Å². The number of hydrogen-bond donors (Lipinski definition) is 1. The predicted octanol–water partition coefficient (Wildman–Crippen LogP) is 3.52. The number of aliphatic imine (C=N–C) groups is 1. The minimum Gasteiger partial charge on any atom is -0.383 e. The van der Waals surface area contributed by atoms with Gasteiger partial charge in [-0.05, 0) is 19.6 Å². The molecular formula is C14H12N6S2. The van der Waals surface area contributed by atoms with Gasteiger partial charge in [0.15, 0.2) is 0 Å². The highest BCUT2D eigenvalue weighted by Gasteiger charge is 2.27. The van der Waals surface area contributed by atoms with Gasteiger partial charge in [-0.2, -0.15) is 0 Å². The van der Waals surface area contributed by atoms with Crippen LogP contribution in [-0.4, -0.2) is 26.7 Å². The van der Waals surface area contributed by atoms with Crippen molar-refractivity contribution in [3.05, 3.63) is 22.8 Å². The van der Waals surface area contributed by atoms with Gasteiger partial charge in [-0.15, -0.1) is 22.7 Å².